The van der Waals surface area contributed by atoms with E-state index in [0.29, 0.717) is 27.7 Å². The van der Waals surface area contributed by atoms with Gasteiger partial charge in [-0.3, -0.25) is 5.10 Å². The van der Waals surface area contributed by atoms with E-state index in [1.54, 1.807) is 24.3 Å². The predicted molar refractivity (Wildman–Crippen MR) is 119 cm³/mol. The van der Waals surface area contributed by atoms with Gasteiger partial charge in [-0.2, -0.15) is 15.1 Å². The van der Waals surface area contributed by atoms with Gasteiger partial charge in [0.1, 0.15) is 17.3 Å². The molecule has 0 amide bonds. The fourth-order valence-corrected chi connectivity index (χ4v) is 4.21. The van der Waals surface area contributed by atoms with Gasteiger partial charge in [0.15, 0.2) is 17.2 Å². The van der Waals surface area contributed by atoms with Gasteiger partial charge < -0.3 is 19.7 Å². The Morgan fingerprint density at radius 3 is 2.50 bits per heavy atom. The van der Waals surface area contributed by atoms with Gasteiger partial charge in [0.2, 0.25) is 5.88 Å². The molecule has 4 aromatic rings. The topological polar surface area (TPSA) is 113 Å². The van der Waals surface area contributed by atoms with E-state index in [1.165, 1.54) is 0 Å². The lowest BCUT2D eigenvalue weighted by molar-refractivity contribution is -0.0164. The molecule has 1 fully saturated rings. The van der Waals surface area contributed by atoms with Gasteiger partial charge in [-0.05, 0) is 24.6 Å². The molecule has 0 saturated heterocycles. The van der Waals surface area contributed by atoms with Crippen molar-refractivity contribution < 1.29 is 28.5 Å². The zero-order chi connectivity index (χ0) is 23.8. The highest BCUT2D eigenvalue weighted by atomic mass is 35.5. The normalized spacial score (nSPS) is 20.4. The summed E-state index contributed by atoms with van der Waals surface area (Å²) in [5, 5.41) is 28.1. The molecular formula is C23H19ClF2N4O4. The van der Waals surface area contributed by atoms with Crippen LogP contribution in [0.4, 0.5) is 8.78 Å². The van der Waals surface area contributed by atoms with Gasteiger partial charge in [-0.15, -0.1) is 0 Å². The molecule has 1 saturated carbocycles. The molecule has 2 heterocycles. The van der Waals surface area contributed by atoms with Crippen LogP contribution in [0, 0.1) is 11.6 Å². The van der Waals surface area contributed by atoms with E-state index in [9.17, 15) is 19.0 Å². The Morgan fingerprint density at radius 2 is 1.76 bits per heavy atom. The summed E-state index contributed by atoms with van der Waals surface area (Å²) in [4.78, 5) is 8.55. The van der Waals surface area contributed by atoms with Crippen molar-refractivity contribution in [2.24, 2.45) is 0 Å². The summed E-state index contributed by atoms with van der Waals surface area (Å²) < 4.78 is 39.0. The second-order valence-corrected chi connectivity index (χ2v) is 8.43. The van der Waals surface area contributed by atoms with Crippen LogP contribution in [0.2, 0.25) is 5.02 Å². The maximum absolute atomic E-state index is 14.1. The van der Waals surface area contributed by atoms with Gasteiger partial charge in [-0.1, -0.05) is 29.8 Å². The quantitative estimate of drug-likeness (QED) is 0.381. The fourth-order valence-electron chi connectivity index (χ4n) is 3.98. The first kappa shape index (κ1) is 22.5. The van der Waals surface area contributed by atoms with E-state index < -0.39 is 29.9 Å². The van der Waals surface area contributed by atoms with Gasteiger partial charge in [-0.25, -0.2) is 8.78 Å². The van der Waals surface area contributed by atoms with Crippen LogP contribution in [0.1, 0.15) is 19.3 Å². The van der Waals surface area contributed by atoms with E-state index in [4.69, 9.17) is 21.1 Å². The average Bonchev–Trinajstić information content (AvgIpc) is 3.19. The van der Waals surface area contributed by atoms with Crippen molar-refractivity contribution in [1.29, 1.82) is 0 Å². The third kappa shape index (κ3) is 4.52. The number of aliphatic hydroxyl groups excluding tert-OH is 2. The number of hydrogen-bond acceptors (Lipinski definition) is 7. The number of aromatic nitrogens is 4. The minimum absolute atomic E-state index is 0.0532. The number of nitrogens with one attached hydrogen (secondary N) is 1. The third-order valence-corrected chi connectivity index (χ3v) is 5.82. The number of halogens is 3. The Kier molecular flexibility index (Phi) is 6.03. The highest BCUT2D eigenvalue weighted by molar-refractivity contribution is 6.33. The number of rotatable bonds is 5. The Bertz CT molecular complexity index is 1340. The average molecular weight is 489 g/mol. The number of aromatic amines is 1. The Labute approximate surface area is 197 Å². The number of fused-ring (bicyclic) bond motifs is 1. The summed E-state index contributed by atoms with van der Waals surface area (Å²) in [5.74, 6) is -1.91. The van der Waals surface area contributed by atoms with Crippen molar-refractivity contribution in [2.45, 2.75) is 37.6 Å². The summed E-state index contributed by atoms with van der Waals surface area (Å²) in [5.41, 5.74) is 1.28. The van der Waals surface area contributed by atoms with Crippen LogP contribution >= 0.6 is 11.6 Å². The predicted octanol–water partition coefficient (Wildman–Crippen LogP) is 4.40. The number of hydrogen-bond donors (Lipinski definition) is 3. The van der Waals surface area contributed by atoms with Crippen molar-refractivity contribution in [2.75, 3.05) is 0 Å². The number of nitrogens with zero attached hydrogens (tertiary/aromatic N) is 3. The standard InChI is InChI=1S/C23H19ClF2N4O4/c24-16-4-2-1-3-15(16)20-19-21(30-29-20)27-23(34-18-6-5-11(25)7-17(18)26)28-22(19)33-14-9-12(31)8-13(32)10-14/h1-7,12-14,31-32H,8-10H2,(H,27,28,29,30). The number of aliphatic hydroxyl groups is 2. The molecule has 0 bridgehead atoms. The maximum Gasteiger partial charge on any atom is 0.327 e. The lowest BCUT2D eigenvalue weighted by Gasteiger charge is -2.29. The molecule has 3 N–H and O–H groups in total. The van der Waals surface area contributed by atoms with Crippen LogP contribution in [0.15, 0.2) is 42.5 Å². The summed E-state index contributed by atoms with van der Waals surface area (Å²) in [6.07, 6.45) is -1.20. The smallest absolute Gasteiger partial charge is 0.327 e. The summed E-state index contributed by atoms with van der Waals surface area (Å²) >= 11 is 6.37. The van der Waals surface area contributed by atoms with Crippen LogP contribution in [-0.4, -0.2) is 48.7 Å². The minimum Gasteiger partial charge on any atom is -0.473 e. The molecular weight excluding hydrogens is 470 g/mol. The van der Waals surface area contributed by atoms with Crippen LogP contribution < -0.4 is 9.47 Å². The first-order chi connectivity index (χ1) is 16.4. The minimum atomic E-state index is -0.927. The van der Waals surface area contributed by atoms with Crippen LogP contribution in [-0.2, 0) is 0 Å². The Balaban J connectivity index is 1.60. The molecule has 2 unspecified atom stereocenters. The zero-order valence-electron chi connectivity index (χ0n) is 17.6. The van der Waals surface area contributed by atoms with Crippen LogP contribution in [0.3, 0.4) is 0 Å². The molecule has 2 atom stereocenters. The zero-order valence-corrected chi connectivity index (χ0v) is 18.3. The van der Waals surface area contributed by atoms with Crippen molar-refractivity contribution in [3.63, 3.8) is 0 Å². The Morgan fingerprint density at radius 1 is 1.00 bits per heavy atom. The first-order valence-electron chi connectivity index (χ1n) is 10.5. The molecule has 2 aromatic heterocycles. The summed E-state index contributed by atoms with van der Waals surface area (Å²) in [6, 6.07) is 9.65. The maximum atomic E-state index is 14.1. The van der Waals surface area contributed by atoms with Gasteiger partial charge in [0, 0.05) is 29.5 Å². The lowest BCUT2D eigenvalue weighted by atomic mass is 9.92. The van der Waals surface area contributed by atoms with E-state index in [0.717, 1.165) is 12.1 Å². The number of benzene rings is 2. The van der Waals surface area contributed by atoms with Crippen LogP contribution in [0.25, 0.3) is 22.3 Å². The highest BCUT2D eigenvalue weighted by Crippen LogP contribution is 2.38. The second kappa shape index (κ2) is 9.13. The van der Waals surface area contributed by atoms with Crippen molar-refractivity contribution in [3.8, 4) is 28.9 Å². The largest absolute Gasteiger partial charge is 0.473 e. The third-order valence-electron chi connectivity index (χ3n) is 5.49. The number of ether oxygens (including phenoxy) is 2. The monoisotopic (exact) mass is 488 g/mol. The molecule has 34 heavy (non-hydrogen) atoms. The fraction of sp³-hybridized carbons (Fsp3) is 0.261. The molecule has 5 rings (SSSR count). The van der Waals surface area contributed by atoms with Crippen molar-refractivity contribution >= 4 is 22.6 Å². The SMILES string of the molecule is OC1CC(O)CC(Oc2nc(Oc3ccc(F)cc3F)nc3n[nH]c(-c4ccccc4Cl)c23)C1. The van der Waals surface area contributed by atoms with Gasteiger partial charge >= 0.3 is 6.01 Å². The lowest BCUT2D eigenvalue weighted by Crippen LogP contribution is -2.36. The summed E-state index contributed by atoms with van der Waals surface area (Å²) in [7, 11) is 0. The first-order valence-corrected chi connectivity index (χ1v) is 10.9. The van der Waals surface area contributed by atoms with Crippen molar-refractivity contribution in [1.82, 2.24) is 20.2 Å². The molecule has 176 valence electrons. The number of H-pyrrole nitrogens is 1. The second-order valence-electron chi connectivity index (χ2n) is 8.02. The van der Waals surface area contributed by atoms with Crippen molar-refractivity contribution in [3.05, 3.63) is 59.1 Å². The molecule has 2 aromatic carbocycles. The van der Waals surface area contributed by atoms with E-state index >= 15 is 0 Å². The van der Waals surface area contributed by atoms with E-state index in [-0.39, 0.29) is 42.5 Å². The summed E-state index contributed by atoms with van der Waals surface area (Å²) in [6.45, 7) is 0. The van der Waals surface area contributed by atoms with Gasteiger partial charge in [0.25, 0.3) is 0 Å². The molecule has 1 aliphatic rings. The molecule has 1 aliphatic carbocycles. The van der Waals surface area contributed by atoms with E-state index in [1.807, 2.05) is 0 Å². The highest BCUT2D eigenvalue weighted by Gasteiger charge is 2.30. The van der Waals surface area contributed by atoms with Gasteiger partial charge in [0.05, 0.1) is 17.9 Å². The molecule has 11 heteroatoms. The van der Waals surface area contributed by atoms with Crippen LogP contribution in [0.5, 0.6) is 17.6 Å². The Hall–Kier alpha value is -3.34. The molecule has 0 spiro atoms. The van der Waals surface area contributed by atoms with E-state index in [2.05, 4.69) is 20.2 Å². The molecule has 0 aliphatic heterocycles. The molecule has 0 radical (unpaired) electrons. The molecule has 8 nitrogen and oxygen atoms in total.